The van der Waals surface area contributed by atoms with Crippen molar-refractivity contribution in [1.29, 1.82) is 0 Å². The van der Waals surface area contributed by atoms with Gasteiger partial charge in [0.1, 0.15) is 17.5 Å². The van der Waals surface area contributed by atoms with Crippen LogP contribution in [0.1, 0.15) is 5.82 Å². The molecular weight excluding hydrogens is 224 g/mol. The third kappa shape index (κ3) is 2.61. The highest BCUT2D eigenvalue weighted by atomic mass is 35.5. The Morgan fingerprint density at radius 2 is 1.88 bits per heavy atom. The molecule has 0 aliphatic heterocycles. The summed E-state index contributed by atoms with van der Waals surface area (Å²) in [5.74, 6) is 1.76. The van der Waals surface area contributed by atoms with Gasteiger partial charge in [-0.1, -0.05) is 11.6 Å². The number of aryl methyl sites for hydroxylation is 1. The third-order valence-electron chi connectivity index (χ3n) is 1.97. The van der Waals surface area contributed by atoms with E-state index in [2.05, 4.69) is 15.3 Å². The van der Waals surface area contributed by atoms with Crippen LogP contribution in [-0.4, -0.2) is 9.97 Å². The minimum atomic E-state index is 0.448. The molecule has 0 aliphatic rings. The number of halogens is 1. The summed E-state index contributed by atoms with van der Waals surface area (Å²) in [5, 5.41) is 3.82. The average Bonchev–Trinajstić information content (AvgIpc) is 2.20. The fourth-order valence-corrected chi connectivity index (χ4v) is 1.46. The van der Waals surface area contributed by atoms with Gasteiger partial charge in [0.05, 0.1) is 0 Å². The number of rotatable bonds is 2. The summed E-state index contributed by atoms with van der Waals surface area (Å²) >= 11 is 5.79. The molecule has 4 nitrogen and oxygen atoms in total. The van der Waals surface area contributed by atoms with E-state index >= 15 is 0 Å². The molecule has 16 heavy (non-hydrogen) atoms. The van der Waals surface area contributed by atoms with Gasteiger partial charge in [0.2, 0.25) is 0 Å². The standard InChI is InChI=1S/C11H11ClN4/c1-7-14-10(13)6-11(15-7)16-9-4-2-8(12)3-5-9/h2-6H,1H3,(H3,13,14,15,16). The molecule has 0 amide bonds. The summed E-state index contributed by atoms with van der Waals surface area (Å²) in [5.41, 5.74) is 6.53. The second-order valence-corrected chi connectivity index (χ2v) is 3.79. The monoisotopic (exact) mass is 234 g/mol. The van der Waals surface area contributed by atoms with Gasteiger partial charge in [-0.25, -0.2) is 9.97 Å². The van der Waals surface area contributed by atoms with Crippen molar-refractivity contribution in [3.8, 4) is 0 Å². The Morgan fingerprint density at radius 1 is 1.19 bits per heavy atom. The van der Waals surface area contributed by atoms with Gasteiger partial charge in [-0.05, 0) is 31.2 Å². The van der Waals surface area contributed by atoms with Crippen LogP contribution in [0.15, 0.2) is 30.3 Å². The Bertz CT molecular complexity index is 476. The Hall–Kier alpha value is -1.81. The summed E-state index contributed by atoms with van der Waals surface area (Å²) < 4.78 is 0. The lowest BCUT2D eigenvalue weighted by Gasteiger charge is -2.06. The van der Waals surface area contributed by atoms with Crippen LogP contribution in [0.25, 0.3) is 0 Å². The average molecular weight is 235 g/mol. The molecule has 1 aromatic heterocycles. The van der Waals surface area contributed by atoms with E-state index in [1.807, 2.05) is 12.1 Å². The Morgan fingerprint density at radius 3 is 2.50 bits per heavy atom. The molecule has 0 atom stereocenters. The van der Waals surface area contributed by atoms with Gasteiger partial charge < -0.3 is 11.1 Å². The molecule has 0 unspecified atom stereocenters. The van der Waals surface area contributed by atoms with E-state index in [1.165, 1.54) is 0 Å². The van der Waals surface area contributed by atoms with E-state index in [0.717, 1.165) is 5.69 Å². The van der Waals surface area contributed by atoms with Crippen LogP contribution in [0, 0.1) is 6.92 Å². The zero-order valence-corrected chi connectivity index (χ0v) is 9.49. The first-order valence-corrected chi connectivity index (χ1v) is 5.15. The predicted molar refractivity (Wildman–Crippen MR) is 65.9 cm³/mol. The summed E-state index contributed by atoms with van der Waals surface area (Å²) in [4.78, 5) is 8.21. The maximum absolute atomic E-state index is 5.79. The van der Waals surface area contributed by atoms with Crippen LogP contribution < -0.4 is 11.1 Å². The van der Waals surface area contributed by atoms with E-state index < -0.39 is 0 Å². The zero-order chi connectivity index (χ0) is 11.5. The molecule has 0 bridgehead atoms. The predicted octanol–water partition coefficient (Wildman–Crippen LogP) is 2.76. The summed E-state index contributed by atoms with van der Waals surface area (Å²) in [6, 6.07) is 9.04. The zero-order valence-electron chi connectivity index (χ0n) is 8.74. The van der Waals surface area contributed by atoms with Crippen molar-refractivity contribution in [2.45, 2.75) is 6.92 Å². The molecule has 0 aliphatic carbocycles. The quantitative estimate of drug-likeness (QED) is 0.839. The third-order valence-corrected chi connectivity index (χ3v) is 2.23. The molecule has 3 N–H and O–H groups in total. The largest absolute Gasteiger partial charge is 0.384 e. The molecule has 2 aromatic rings. The first kappa shape index (κ1) is 10.7. The number of hydrogen-bond acceptors (Lipinski definition) is 4. The second kappa shape index (κ2) is 4.37. The molecule has 0 saturated carbocycles. The molecule has 0 fully saturated rings. The normalized spacial score (nSPS) is 10.1. The Balaban J connectivity index is 2.23. The van der Waals surface area contributed by atoms with E-state index in [1.54, 1.807) is 25.1 Å². The first-order chi connectivity index (χ1) is 7.63. The van der Waals surface area contributed by atoms with Gasteiger partial charge in [0.25, 0.3) is 0 Å². The Kier molecular flexibility index (Phi) is 2.92. The minimum absolute atomic E-state index is 0.448. The smallest absolute Gasteiger partial charge is 0.136 e. The van der Waals surface area contributed by atoms with Gasteiger partial charge in [0.15, 0.2) is 0 Å². The van der Waals surface area contributed by atoms with Crippen molar-refractivity contribution in [1.82, 2.24) is 9.97 Å². The molecule has 0 saturated heterocycles. The van der Waals surface area contributed by atoms with Crippen molar-refractivity contribution < 1.29 is 0 Å². The number of hydrogen-bond donors (Lipinski definition) is 2. The lowest BCUT2D eigenvalue weighted by atomic mass is 10.3. The number of nitrogen functional groups attached to an aromatic ring is 1. The maximum atomic E-state index is 5.79. The van der Waals surface area contributed by atoms with Crippen molar-refractivity contribution in [3.63, 3.8) is 0 Å². The van der Waals surface area contributed by atoms with E-state index in [-0.39, 0.29) is 0 Å². The van der Waals surface area contributed by atoms with Crippen molar-refractivity contribution >= 4 is 28.9 Å². The molecule has 1 heterocycles. The van der Waals surface area contributed by atoms with Crippen LogP contribution in [0.4, 0.5) is 17.3 Å². The van der Waals surface area contributed by atoms with Crippen molar-refractivity contribution in [2.75, 3.05) is 11.1 Å². The number of aromatic nitrogens is 2. The number of benzene rings is 1. The van der Waals surface area contributed by atoms with Crippen molar-refractivity contribution in [2.24, 2.45) is 0 Å². The number of nitrogens with one attached hydrogen (secondary N) is 1. The summed E-state index contributed by atoms with van der Waals surface area (Å²) in [6.45, 7) is 1.80. The molecule has 82 valence electrons. The highest BCUT2D eigenvalue weighted by Gasteiger charge is 1.99. The number of nitrogens with zero attached hydrogens (tertiary/aromatic N) is 2. The van der Waals surface area contributed by atoms with Gasteiger partial charge in [-0.15, -0.1) is 0 Å². The molecule has 1 aromatic carbocycles. The van der Waals surface area contributed by atoms with Gasteiger partial charge in [0, 0.05) is 16.8 Å². The van der Waals surface area contributed by atoms with Crippen LogP contribution in [0.3, 0.4) is 0 Å². The fraction of sp³-hybridized carbons (Fsp3) is 0.0909. The summed E-state index contributed by atoms with van der Waals surface area (Å²) in [6.07, 6.45) is 0. The van der Waals surface area contributed by atoms with E-state index in [0.29, 0.717) is 22.5 Å². The lowest BCUT2D eigenvalue weighted by Crippen LogP contribution is -2.00. The van der Waals surface area contributed by atoms with Crippen LogP contribution in [0.2, 0.25) is 5.02 Å². The summed E-state index contributed by atoms with van der Waals surface area (Å²) in [7, 11) is 0. The minimum Gasteiger partial charge on any atom is -0.384 e. The highest BCUT2D eigenvalue weighted by molar-refractivity contribution is 6.30. The molecule has 0 radical (unpaired) electrons. The molecule has 0 spiro atoms. The molecule has 5 heteroatoms. The second-order valence-electron chi connectivity index (χ2n) is 3.36. The van der Waals surface area contributed by atoms with Gasteiger partial charge in [-0.2, -0.15) is 0 Å². The van der Waals surface area contributed by atoms with Crippen LogP contribution in [-0.2, 0) is 0 Å². The maximum Gasteiger partial charge on any atom is 0.136 e. The topological polar surface area (TPSA) is 63.8 Å². The number of anilines is 3. The first-order valence-electron chi connectivity index (χ1n) is 4.77. The lowest BCUT2D eigenvalue weighted by molar-refractivity contribution is 1.06. The van der Waals surface area contributed by atoms with Gasteiger partial charge >= 0.3 is 0 Å². The fourth-order valence-electron chi connectivity index (χ4n) is 1.34. The molecule has 2 rings (SSSR count). The van der Waals surface area contributed by atoms with E-state index in [4.69, 9.17) is 17.3 Å². The van der Waals surface area contributed by atoms with Crippen molar-refractivity contribution in [3.05, 3.63) is 41.2 Å². The van der Waals surface area contributed by atoms with E-state index in [9.17, 15) is 0 Å². The highest BCUT2D eigenvalue weighted by Crippen LogP contribution is 2.18. The molecular formula is C11H11ClN4. The van der Waals surface area contributed by atoms with Crippen LogP contribution in [0.5, 0.6) is 0 Å². The SMILES string of the molecule is Cc1nc(N)cc(Nc2ccc(Cl)cc2)n1. The van der Waals surface area contributed by atoms with Gasteiger partial charge in [-0.3, -0.25) is 0 Å². The number of nitrogens with two attached hydrogens (primary N) is 1. The van der Waals surface area contributed by atoms with Crippen LogP contribution >= 0.6 is 11.6 Å². The Labute approximate surface area is 98.5 Å².